The van der Waals surface area contributed by atoms with Crippen LogP contribution in [0, 0.1) is 0 Å². The van der Waals surface area contributed by atoms with E-state index in [1.807, 2.05) is 22.8 Å². The molecule has 4 atom stereocenters. The normalized spacial score (nSPS) is 20.0. The number of aromatic nitrogens is 4. The number of carbonyl (C=O) groups excluding carboxylic acids is 1. The highest BCUT2D eigenvalue weighted by Gasteiger charge is 2.52. The molecule has 1 saturated heterocycles. The number of fused-ring (bicyclic) bond motifs is 1. The van der Waals surface area contributed by atoms with Gasteiger partial charge in [-0.25, -0.2) is 15.0 Å². The molecule has 48 heavy (non-hydrogen) atoms. The van der Waals surface area contributed by atoms with Gasteiger partial charge in [0.05, 0.1) is 18.5 Å². The number of nitrogens with zero attached hydrogens (tertiary/aromatic N) is 5. The molecule has 1 aliphatic rings. The SMILES string of the molecule is CC[C@H]1O[C@@H](n2cnc3c(NC(=O)c4ccccc4)ncnc32)C(O[Si](C)(C)C(C)(C)C)[C@H]1N(Cc1ccccc1)Cc1ccccc1. The van der Waals surface area contributed by atoms with Crippen molar-refractivity contribution in [2.24, 2.45) is 0 Å². The van der Waals surface area contributed by atoms with Gasteiger partial charge in [0.25, 0.3) is 5.91 Å². The molecule has 1 aliphatic heterocycles. The molecule has 6 rings (SSSR count). The summed E-state index contributed by atoms with van der Waals surface area (Å²) in [6.07, 6.45) is 3.08. The largest absolute Gasteiger partial charge is 0.408 e. The zero-order chi connectivity index (χ0) is 33.9. The first-order valence-corrected chi connectivity index (χ1v) is 19.7. The second kappa shape index (κ2) is 14.1. The van der Waals surface area contributed by atoms with Gasteiger partial charge in [0.2, 0.25) is 0 Å². The Bertz CT molecular complexity index is 1770. The Morgan fingerprint density at radius 2 is 1.48 bits per heavy atom. The average molecular weight is 663 g/mol. The lowest BCUT2D eigenvalue weighted by atomic mass is 10.0. The fourth-order valence-corrected chi connectivity index (χ4v) is 7.46. The lowest BCUT2D eigenvalue weighted by Crippen LogP contribution is -2.53. The lowest BCUT2D eigenvalue weighted by molar-refractivity contribution is -0.0323. The molecule has 1 unspecified atom stereocenters. The lowest BCUT2D eigenvalue weighted by Gasteiger charge is -2.43. The molecule has 2 aromatic heterocycles. The number of carbonyl (C=O) groups is 1. The Hall–Kier alpha value is -4.22. The Labute approximate surface area is 284 Å². The van der Waals surface area contributed by atoms with Gasteiger partial charge >= 0.3 is 0 Å². The maximum absolute atomic E-state index is 13.1. The predicted molar refractivity (Wildman–Crippen MR) is 192 cm³/mol. The van der Waals surface area contributed by atoms with E-state index in [-0.39, 0.29) is 29.2 Å². The summed E-state index contributed by atoms with van der Waals surface area (Å²) in [6.45, 7) is 15.1. The minimum Gasteiger partial charge on any atom is -0.408 e. The van der Waals surface area contributed by atoms with Gasteiger partial charge in [0.15, 0.2) is 31.5 Å². The second-order valence-electron chi connectivity index (χ2n) is 14.0. The van der Waals surface area contributed by atoms with Crippen LogP contribution in [-0.2, 0) is 22.3 Å². The second-order valence-corrected chi connectivity index (χ2v) is 18.8. The highest BCUT2D eigenvalue weighted by Crippen LogP contribution is 2.45. The molecular formula is C38H46N6O3Si. The van der Waals surface area contributed by atoms with Crippen molar-refractivity contribution in [1.82, 2.24) is 24.4 Å². The smallest absolute Gasteiger partial charge is 0.256 e. The summed E-state index contributed by atoms with van der Waals surface area (Å²) in [5.74, 6) is 0.0933. The molecule has 0 spiro atoms. The first-order chi connectivity index (χ1) is 23.1. The van der Waals surface area contributed by atoms with Crippen molar-refractivity contribution in [3.63, 3.8) is 0 Å². The van der Waals surface area contributed by atoms with E-state index in [1.54, 1.807) is 18.5 Å². The van der Waals surface area contributed by atoms with Crippen LogP contribution in [0.3, 0.4) is 0 Å². The Balaban J connectivity index is 1.42. The van der Waals surface area contributed by atoms with Gasteiger partial charge in [0, 0.05) is 18.7 Å². The zero-order valence-corrected chi connectivity index (χ0v) is 29.7. The Morgan fingerprint density at radius 3 is 2.04 bits per heavy atom. The summed E-state index contributed by atoms with van der Waals surface area (Å²) in [6, 6.07) is 30.2. The quantitative estimate of drug-likeness (QED) is 0.144. The summed E-state index contributed by atoms with van der Waals surface area (Å²) in [5.41, 5.74) is 4.08. The van der Waals surface area contributed by atoms with E-state index in [1.165, 1.54) is 17.5 Å². The van der Waals surface area contributed by atoms with Crippen LogP contribution in [0.4, 0.5) is 5.82 Å². The molecule has 9 nitrogen and oxygen atoms in total. The average Bonchev–Trinajstić information content (AvgIpc) is 3.67. The minimum absolute atomic E-state index is 0.0237. The van der Waals surface area contributed by atoms with E-state index in [2.05, 4.69) is 122 Å². The molecule has 0 radical (unpaired) electrons. The van der Waals surface area contributed by atoms with Crippen LogP contribution in [0.15, 0.2) is 104 Å². The number of nitrogens with one attached hydrogen (secondary N) is 1. The van der Waals surface area contributed by atoms with E-state index >= 15 is 0 Å². The molecule has 3 aromatic carbocycles. The summed E-state index contributed by atoms with van der Waals surface area (Å²) in [4.78, 5) is 29.4. The van der Waals surface area contributed by atoms with Crippen molar-refractivity contribution >= 4 is 31.2 Å². The first-order valence-electron chi connectivity index (χ1n) is 16.7. The van der Waals surface area contributed by atoms with Crippen LogP contribution >= 0.6 is 0 Å². The minimum atomic E-state index is -2.31. The van der Waals surface area contributed by atoms with Crippen molar-refractivity contribution in [1.29, 1.82) is 0 Å². The van der Waals surface area contributed by atoms with E-state index in [9.17, 15) is 4.79 Å². The van der Waals surface area contributed by atoms with Crippen LogP contribution in [-0.4, -0.2) is 56.9 Å². The summed E-state index contributed by atoms with van der Waals surface area (Å²) >= 11 is 0. The molecule has 3 heterocycles. The highest BCUT2D eigenvalue weighted by molar-refractivity contribution is 6.74. The van der Waals surface area contributed by atoms with Gasteiger partial charge in [-0.1, -0.05) is 107 Å². The van der Waals surface area contributed by atoms with E-state index in [0.29, 0.717) is 22.5 Å². The number of hydrogen-bond donors (Lipinski definition) is 1. The predicted octanol–water partition coefficient (Wildman–Crippen LogP) is 7.85. The highest BCUT2D eigenvalue weighted by atomic mass is 28.4. The monoisotopic (exact) mass is 662 g/mol. The fourth-order valence-electron chi connectivity index (χ4n) is 6.17. The van der Waals surface area contributed by atoms with E-state index < -0.39 is 14.5 Å². The maximum atomic E-state index is 13.1. The van der Waals surface area contributed by atoms with Crippen molar-refractivity contribution in [2.75, 3.05) is 5.32 Å². The maximum Gasteiger partial charge on any atom is 0.256 e. The van der Waals surface area contributed by atoms with Crippen LogP contribution in [0.5, 0.6) is 0 Å². The zero-order valence-electron chi connectivity index (χ0n) is 28.7. The van der Waals surface area contributed by atoms with E-state index in [4.69, 9.17) is 14.1 Å². The molecule has 10 heteroatoms. The number of imidazole rings is 1. The third-order valence-corrected chi connectivity index (χ3v) is 14.2. The van der Waals surface area contributed by atoms with Gasteiger partial charge < -0.3 is 14.5 Å². The summed E-state index contributed by atoms with van der Waals surface area (Å²) in [7, 11) is -2.31. The van der Waals surface area contributed by atoms with Crippen molar-refractivity contribution in [2.45, 2.75) is 89.8 Å². The van der Waals surface area contributed by atoms with Crippen molar-refractivity contribution < 1.29 is 14.0 Å². The molecule has 1 amide bonds. The first kappa shape index (κ1) is 33.7. The molecule has 0 bridgehead atoms. The van der Waals surface area contributed by atoms with Crippen LogP contribution in [0.2, 0.25) is 18.1 Å². The van der Waals surface area contributed by atoms with Gasteiger partial charge in [-0.3, -0.25) is 14.3 Å². The topological polar surface area (TPSA) is 94.4 Å². The van der Waals surface area contributed by atoms with Crippen molar-refractivity contribution in [3.8, 4) is 0 Å². The Kier molecular flexibility index (Phi) is 9.89. The summed E-state index contributed by atoms with van der Waals surface area (Å²) in [5, 5.41) is 2.91. The number of hydrogen-bond acceptors (Lipinski definition) is 7. The Morgan fingerprint density at radius 1 is 0.896 bits per heavy atom. The molecule has 250 valence electrons. The van der Waals surface area contributed by atoms with Crippen LogP contribution in [0.1, 0.15) is 61.8 Å². The van der Waals surface area contributed by atoms with E-state index in [0.717, 1.165) is 19.5 Å². The number of amides is 1. The molecular weight excluding hydrogens is 617 g/mol. The van der Waals surface area contributed by atoms with Gasteiger partial charge in [-0.05, 0) is 47.8 Å². The van der Waals surface area contributed by atoms with Gasteiger partial charge in [-0.15, -0.1) is 0 Å². The third-order valence-electron chi connectivity index (χ3n) is 9.73. The molecule has 0 aliphatic carbocycles. The molecule has 1 fully saturated rings. The third kappa shape index (κ3) is 7.12. The van der Waals surface area contributed by atoms with Gasteiger partial charge in [-0.2, -0.15) is 0 Å². The standard InChI is InChI=1S/C38H46N6O3Si/c1-7-30-32(43(23-27-17-11-8-12-18-27)24-28-19-13-9-14-20-28)33(47-48(5,6)38(2,3)4)37(46-30)44-26-41-31-34(39-25-40-35(31)44)42-36(45)29-21-15-10-16-22-29/h8-22,25-26,30,32-33,37H,7,23-24H2,1-6H3,(H,39,40,42,45)/t30-,32+,33?,37-/m1/s1. The fraction of sp³-hybridized carbons (Fsp3) is 0.368. The number of anilines is 1. The number of rotatable bonds is 11. The summed E-state index contributed by atoms with van der Waals surface area (Å²) < 4.78 is 16.4. The molecule has 5 aromatic rings. The molecule has 0 saturated carbocycles. The number of ether oxygens (including phenoxy) is 1. The number of benzene rings is 3. The van der Waals surface area contributed by atoms with Crippen LogP contribution in [0.25, 0.3) is 11.2 Å². The molecule has 1 N–H and O–H groups in total. The van der Waals surface area contributed by atoms with Crippen molar-refractivity contribution in [3.05, 3.63) is 120 Å². The van der Waals surface area contributed by atoms with Crippen LogP contribution < -0.4 is 5.32 Å². The van der Waals surface area contributed by atoms with Gasteiger partial charge in [0.1, 0.15) is 12.4 Å².